The molecule has 2 rings (SSSR count). The minimum Gasteiger partial charge on any atom is -0.315 e. The highest BCUT2D eigenvalue weighted by atomic mass is 32.1. The summed E-state index contributed by atoms with van der Waals surface area (Å²) < 4.78 is 0. The van der Waals surface area contributed by atoms with Gasteiger partial charge in [0.25, 0.3) is 0 Å². The highest BCUT2D eigenvalue weighted by Crippen LogP contribution is 2.29. The van der Waals surface area contributed by atoms with E-state index in [1.807, 2.05) is 0 Å². The molecule has 0 aromatic carbocycles. The van der Waals surface area contributed by atoms with Crippen LogP contribution in [-0.4, -0.2) is 41.6 Å². The summed E-state index contributed by atoms with van der Waals surface area (Å²) in [5.74, 6) is 0. The van der Waals surface area contributed by atoms with Gasteiger partial charge in [-0.05, 0) is 53.2 Å². The van der Waals surface area contributed by atoms with Gasteiger partial charge in [-0.1, -0.05) is 13.3 Å². The molecule has 0 radical (unpaired) electrons. The normalized spacial score (nSPS) is 21.6. The van der Waals surface area contributed by atoms with Gasteiger partial charge >= 0.3 is 0 Å². The predicted molar refractivity (Wildman–Crippen MR) is 87.5 cm³/mol. The second-order valence-electron chi connectivity index (χ2n) is 6.16. The van der Waals surface area contributed by atoms with Crippen LogP contribution in [0.25, 0.3) is 0 Å². The van der Waals surface area contributed by atoms with E-state index in [2.05, 4.69) is 48.4 Å². The molecular formula is C16H29N3S. The van der Waals surface area contributed by atoms with Crippen LogP contribution < -0.4 is 5.32 Å². The van der Waals surface area contributed by atoms with E-state index < -0.39 is 0 Å². The van der Waals surface area contributed by atoms with Crippen molar-refractivity contribution in [2.45, 2.75) is 64.5 Å². The van der Waals surface area contributed by atoms with Crippen LogP contribution in [0.15, 0.2) is 5.38 Å². The van der Waals surface area contributed by atoms with Gasteiger partial charge < -0.3 is 5.32 Å². The quantitative estimate of drug-likeness (QED) is 0.873. The number of likely N-dealkylation sites (tertiary alicyclic amines) is 1. The lowest BCUT2D eigenvalue weighted by molar-refractivity contribution is 0.0450. The predicted octanol–water partition coefficient (Wildman–Crippen LogP) is 3.24. The first-order chi connectivity index (χ1) is 9.60. The standard InChI is InChI=1S/C16H29N3S/c1-5-16(3,19-9-7-6-8-10-19)15(17-4)11-14-12-20-13(2)18-14/h12,15,17H,5-11H2,1-4H3. The molecule has 1 aliphatic heterocycles. The summed E-state index contributed by atoms with van der Waals surface area (Å²) in [6.45, 7) is 9.34. The average Bonchev–Trinajstić information content (AvgIpc) is 2.90. The first kappa shape index (κ1) is 15.9. The van der Waals surface area contributed by atoms with Gasteiger partial charge in [-0.3, -0.25) is 4.90 Å². The Morgan fingerprint density at radius 3 is 2.60 bits per heavy atom. The van der Waals surface area contributed by atoms with E-state index in [0.717, 1.165) is 6.42 Å². The average molecular weight is 295 g/mol. The minimum atomic E-state index is 0.229. The summed E-state index contributed by atoms with van der Waals surface area (Å²) in [6, 6.07) is 0.465. The van der Waals surface area contributed by atoms with E-state index in [1.165, 1.54) is 49.5 Å². The molecule has 114 valence electrons. The number of hydrogen-bond donors (Lipinski definition) is 1. The molecule has 2 unspecified atom stereocenters. The summed E-state index contributed by atoms with van der Waals surface area (Å²) in [7, 11) is 2.10. The van der Waals surface area contributed by atoms with Crippen LogP contribution in [0, 0.1) is 6.92 Å². The van der Waals surface area contributed by atoms with Crippen molar-refractivity contribution in [1.29, 1.82) is 0 Å². The van der Waals surface area contributed by atoms with Crippen molar-refractivity contribution in [2.75, 3.05) is 20.1 Å². The lowest BCUT2D eigenvalue weighted by Crippen LogP contribution is -2.60. The second-order valence-corrected chi connectivity index (χ2v) is 7.22. The van der Waals surface area contributed by atoms with E-state index in [0.29, 0.717) is 6.04 Å². The zero-order valence-corrected chi connectivity index (χ0v) is 14.2. The van der Waals surface area contributed by atoms with E-state index >= 15 is 0 Å². The third kappa shape index (κ3) is 3.41. The minimum absolute atomic E-state index is 0.229. The highest BCUT2D eigenvalue weighted by Gasteiger charge is 2.38. The van der Waals surface area contributed by atoms with Crippen molar-refractivity contribution in [3.05, 3.63) is 16.1 Å². The van der Waals surface area contributed by atoms with Crippen LogP contribution in [0.4, 0.5) is 0 Å². The molecule has 1 aromatic heterocycles. The number of hydrogen-bond acceptors (Lipinski definition) is 4. The fourth-order valence-corrected chi connectivity index (χ4v) is 4.06. The first-order valence-corrected chi connectivity index (χ1v) is 8.81. The Morgan fingerprint density at radius 1 is 1.40 bits per heavy atom. The number of rotatable bonds is 6. The van der Waals surface area contributed by atoms with Crippen LogP contribution in [0.3, 0.4) is 0 Å². The van der Waals surface area contributed by atoms with Gasteiger partial charge in [0.2, 0.25) is 0 Å². The molecule has 1 N–H and O–H groups in total. The van der Waals surface area contributed by atoms with Gasteiger partial charge in [-0.25, -0.2) is 4.98 Å². The maximum Gasteiger partial charge on any atom is 0.0897 e. The molecule has 20 heavy (non-hydrogen) atoms. The highest BCUT2D eigenvalue weighted by molar-refractivity contribution is 7.09. The maximum atomic E-state index is 4.65. The number of piperidine rings is 1. The third-order valence-corrected chi connectivity index (χ3v) is 5.80. The molecule has 0 aliphatic carbocycles. The zero-order valence-electron chi connectivity index (χ0n) is 13.4. The second kappa shape index (κ2) is 7.01. The van der Waals surface area contributed by atoms with Gasteiger partial charge in [0.15, 0.2) is 0 Å². The largest absolute Gasteiger partial charge is 0.315 e. The Labute approximate surface area is 127 Å². The smallest absolute Gasteiger partial charge is 0.0897 e. The van der Waals surface area contributed by atoms with Crippen LogP contribution in [-0.2, 0) is 6.42 Å². The SMILES string of the molecule is CCC(C)(C(Cc1csc(C)n1)NC)N1CCCCC1. The molecule has 2 heterocycles. The molecule has 0 amide bonds. The molecule has 0 saturated carbocycles. The van der Waals surface area contributed by atoms with E-state index in [9.17, 15) is 0 Å². The van der Waals surface area contributed by atoms with Crippen molar-refractivity contribution in [3.8, 4) is 0 Å². The van der Waals surface area contributed by atoms with Crippen LogP contribution >= 0.6 is 11.3 Å². The summed E-state index contributed by atoms with van der Waals surface area (Å²) in [4.78, 5) is 7.36. The molecule has 0 bridgehead atoms. The molecule has 0 spiro atoms. The number of nitrogens with zero attached hydrogens (tertiary/aromatic N) is 2. The van der Waals surface area contributed by atoms with Gasteiger partial charge in [0.05, 0.1) is 10.7 Å². The molecule has 1 aromatic rings. The number of thiazole rings is 1. The van der Waals surface area contributed by atoms with E-state index in [4.69, 9.17) is 0 Å². The van der Waals surface area contributed by atoms with Gasteiger partial charge in [0, 0.05) is 23.4 Å². The lowest BCUT2D eigenvalue weighted by atomic mass is 9.83. The maximum absolute atomic E-state index is 4.65. The first-order valence-electron chi connectivity index (χ1n) is 7.93. The Bertz CT molecular complexity index is 412. The van der Waals surface area contributed by atoms with Crippen molar-refractivity contribution in [3.63, 3.8) is 0 Å². The van der Waals surface area contributed by atoms with Gasteiger partial charge in [0.1, 0.15) is 0 Å². The Hall–Kier alpha value is -0.450. The Balaban J connectivity index is 2.12. The van der Waals surface area contributed by atoms with E-state index in [-0.39, 0.29) is 5.54 Å². The number of likely N-dealkylation sites (N-methyl/N-ethyl adjacent to an activating group) is 1. The molecule has 1 fully saturated rings. The van der Waals surface area contributed by atoms with Crippen LogP contribution in [0.1, 0.15) is 50.2 Å². The van der Waals surface area contributed by atoms with Crippen molar-refractivity contribution in [2.24, 2.45) is 0 Å². The number of nitrogens with one attached hydrogen (secondary N) is 1. The molecular weight excluding hydrogens is 266 g/mol. The van der Waals surface area contributed by atoms with Crippen LogP contribution in [0.5, 0.6) is 0 Å². The molecule has 3 nitrogen and oxygen atoms in total. The summed E-state index contributed by atoms with van der Waals surface area (Å²) in [5.41, 5.74) is 1.47. The molecule has 4 heteroatoms. The third-order valence-electron chi connectivity index (χ3n) is 4.97. The molecule has 2 atom stereocenters. The summed E-state index contributed by atoms with van der Waals surface area (Å²) in [5, 5.41) is 6.96. The number of aromatic nitrogens is 1. The Morgan fingerprint density at radius 2 is 2.10 bits per heavy atom. The Kier molecular flexibility index (Phi) is 5.58. The topological polar surface area (TPSA) is 28.2 Å². The monoisotopic (exact) mass is 295 g/mol. The lowest BCUT2D eigenvalue weighted by Gasteiger charge is -2.48. The molecule has 1 saturated heterocycles. The van der Waals surface area contributed by atoms with Crippen molar-refractivity contribution >= 4 is 11.3 Å². The summed E-state index contributed by atoms with van der Waals surface area (Å²) >= 11 is 1.76. The fraction of sp³-hybridized carbons (Fsp3) is 0.812. The number of aryl methyl sites for hydroxylation is 1. The fourth-order valence-electron chi connectivity index (χ4n) is 3.44. The summed E-state index contributed by atoms with van der Waals surface area (Å²) in [6.07, 6.45) is 6.30. The van der Waals surface area contributed by atoms with Crippen LogP contribution in [0.2, 0.25) is 0 Å². The van der Waals surface area contributed by atoms with E-state index in [1.54, 1.807) is 11.3 Å². The zero-order chi connectivity index (χ0) is 14.6. The van der Waals surface area contributed by atoms with Crippen molar-refractivity contribution < 1.29 is 0 Å². The van der Waals surface area contributed by atoms with Gasteiger partial charge in [-0.2, -0.15) is 0 Å². The van der Waals surface area contributed by atoms with Gasteiger partial charge in [-0.15, -0.1) is 11.3 Å². The molecule has 1 aliphatic rings. The van der Waals surface area contributed by atoms with Crippen molar-refractivity contribution in [1.82, 2.24) is 15.2 Å².